The largest absolute Gasteiger partial charge is 0.455 e. The van der Waals surface area contributed by atoms with Crippen molar-refractivity contribution in [3.05, 3.63) is 70.7 Å². The molecule has 22 heavy (non-hydrogen) atoms. The van der Waals surface area contributed by atoms with Crippen molar-refractivity contribution in [3.8, 4) is 0 Å². The highest BCUT2D eigenvalue weighted by Crippen LogP contribution is 2.11. The van der Waals surface area contributed by atoms with E-state index in [0.29, 0.717) is 5.02 Å². The Labute approximate surface area is 133 Å². The standard InChI is InChI=1S/C17H16ClNO3/c18-14-8-6-12(7-9-14)10-15(19)16(20)17(21)22-11-13-4-2-1-3-5-13/h1-9,15H,10-11,19H2/t15-/m0/s1. The van der Waals surface area contributed by atoms with Crippen molar-refractivity contribution >= 4 is 23.4 Å². The lowest BCUT2D eigenvalue weighted by molar-refractivity contribution is -0.155. The van der Waals surface area contributed by atoms with Crippen LogP contribution in [0.15, 0.2) is 54.6 Å². The maximum Gasteiger partial charge on any atom is 0.376 e. The van der Waals surface area contributed by atoms with Crippen LogP contribution in [0.25, 0.3) is 0 Å². The molecule has 0 radical (unpaired) electrons. The predicted octanol–water partition coefficient (Wildman–Crippen LogP) is 2.52. The normalized spacial score (nSPS) is 11.7. The zero-order valence-electron chi connectivity index (χ0n) is 11.9. The van der Waals surface area contributed by atoms with Gasteiger partial charge in [0, 0.05) is 5.02 Å². The number of halogens is 1. The van der Waals surface area contributed by atoms with E-state index in [9.17, 15) is 9.59 Å². The summed E-state index contributed by atoms with van der Waals surface area (Å²) in [5, 5.41) is 0.603. The summed E-state index contributed by atoms with van der Waals surface area (Å²) >= 11 is 5.79. The van der Waals surface area contributed by atoms with Gasteiger partial charge in [0.05, 0.1) is 6.04 Å². The summed E-state index contributed by atoms with van der Waals surface area (Å²) in [4.78, 5) is 23.6. The van der Waals surface area contributed by atoms with Gasteiger partial charge >= 0.3 is 5.97 Å². The number of hydrogen-bond acceptors (Lipinski definition) is 4. The maximum absolute atomic E-state index is 11.9. The summed E-state index contributed by atoms with van der Waals surface area (Å²) in [5.74, 6) is -1.64. The number of nitrogens with two attached hydrogens (primary N) is 1. The Hall–Kier alpha value is -2.17. The number of ketones is 1. The molecule has 0 aliphatic rings. The van der Waals surface area contributed by atoms with Gasteiger partial charge in [-0.25, -0.2) is 4.79 Å². The monoisotopic (exact) mass is 317 g/mol. The van der Waals surface area contributed by atoms with Crippen LogP contribution < -0.4 is 5.73 Å². The molecule has 114 valence electrons. The summed E-state index contributed by atoms with van der Waals surface area (Å²) < 4.78 is 4.98. The fraction of sp³-hybridized carbons (Fsp3) is 0.176. The van der Waals surface area contributed by atoms with E-state index in [0.717, 1.165) is 11.1 Å². The Morgan fingerprint density at radius 1 is 1.00 bits per heavy atom. The fourth-order valence-corrected chi connectivity index (χ4v) is 2.04. The van der Waals surface area contributed by atoms with Crippen molar-refractivity contribution in [2.45, 2.75) is 19.1 Å². The third kappa shape index (κ3) is 4.69. The summed E-state index contributed by atoms with van der Waals surface area (Å²) in [6.07, 6.45) is 0.260. The topological polar surface area (TPSA) is 69.4 Å². The molecule has 0 saturated heterocycles. The quantitative estimate of drug-likeness (QED) is 0.656. The van der Waals surface area contributed by atoms with Crippen molar-refractivity contribution in [1.29, 1.82) is 0 Å². The van der Waals surface area contributed by atoms with Crippen LogP contribution >= 0.6 is 11.6 Å². The lowest BCUT2D eigenvalue weighted by Crippen LogP contribution is -2.38. The second-order valence-corrected chi connectivity index (χ2v) is 5.30. The van der Waals surface area contributed by atoms with Gasteiger partial charge in [-0.2, -0.15) is 0 Å². The van der Waals surface area contributed by atoms with E-state index in [-0.39, 0.29) is 13.0 Å². The first kappa shape index (κ1) is 16.2. The number of Topliss-reactive ketones (excluding diaryl/α,β-unsaturated/α-hetero) is 1. The molecule has 0 spiro atoms. The number of benzene rings is 2. The third-order valence-corrected chi connectivity index (χ3v) is 3.37. The average molecular weight is 318 g/mol. The first-order valence-corrected chi connectivity index (χ1v) is 7.19. The maximum atomic E-state index is 11.9. The average Bonchev–Trinajstić information content (AvgIpc) is 2.55. The zero-order valence-corrected chi connectivity index (χ0v) is 12.6. The zero-order chi connectivity index (χ0) is 15.9. The van der Waals surface area contributed by atoms with Crippen LogP contribution in [0.4, 0.5) is 0 Å². The summed E-state index contributed by atoms with van der Waals surface area (Å²) in [5.41, 5.74) is 7.42. The van der Waals surface area contributed by atoms with Gasteiger partial charge in [0.1, 0.15) is 6.61 Å². The van der Waals surface area contributed by atoms with Crippen molar-refractivity contribution in [2.75, 3.05) is 0 Å². The number of ether oxygens (including phenoxy) is 1. The number of carbonyl (C=O) groups is 2. The summed E-state index contributed by atoms with van der Waals surface area (Å²) in [6.45, 7) is 0.0546. The van der Waals surface area contributed by atoms with E-state index < -0.39 is 17.8 Å². The van der Waals surface area contributed by atoms with Gasteiger partial charge < -0.3 is 10.5 Å². The van der Waals surface area contributed by atoms with Gasteiger partial charge in [-0.05, 0) is 29.7 Å². The van der Waals surface area contributed by atoms with Crippen molar-refractivity contribution < 1.29 is 14.3 Å². The van der Waals surface area contributed by atoms with Crippen LogP contribution in [0.3, 0.4) is 0 Å². The highest BCUT2D eigenvalue weighted by atomic mass is 35.5. The van der Waals surface area contributed by atoms with Crippen LogP contribution in [0.1, 0.15) is 11.1 Å². The third-order valence-electron chi connectivity index (χ3n) is 3.12. The Bertz CT molecular complexity index is 641. The van der Waals surface area contributed by atoms with E-state index in [1.54, 1.807) is 24.3 Å². The van der Waals surface area contributed by atoms with Crippen LogP contribution in [0, 0.1) is 0 Å². The lowest BCUT2D eigenvalue weighted by Gasteiger charge is -2.10. The molecule has 2 N–H and O–H groups in total. The molecule has 4 nitrogen and oxygen atoms in total. The molecule has 0 aliphatic heterocycles. The molecule has 2 aromatic rings. The fourth-order valence-electron chi connectivity index (χ4n) is 1.91. The van der Waals surface area contributed by atoms with Crippen LogP contribution in [0.5, 0.6) is 0 Å². The molecule has 2 rings (SSSR count). The van der Waals surface area contributed by atoms with Gasteiger partial charge in [0.25, 0.3) is 5.78 Å². The van der Waals surface area contributed by atoms with Gasteiger partial charge in [-0.3, -0.25) is 4.79 Å². The molecule has 1 atom stereocenters. The van der Waals surface area contributed by atoms with Crippen LogP contribution in [-0.4, -0.2) is 17.8 Å². The molecule has 2 aromatic carbocycles. The van der Waals surface area contributed by atoms with Crippen molar-refractivity contribution in [2.24, 2.45) is 5.73 Å². The minimum Gasteiger partial charge on any atom is -0.455 e. The molecule has 0 aliphatic carbocycles. The highest BCUT2D eigenvalue weighted by molar-refractivity contribution is 6.35. The highest BCUT2D eigenvalue weighted by Gasteiger charge is 2.23. The minimum atomic E-state index is -0.926. The Kier molecular flexibility index (Phi) is 5.69. The van der Waals surface area contributed by atoms with Crippen molar-refractivity contribution in [1.82, 2.24) is 0 Å². The van der Waals surface area contributed by atoms with E-state index in [2.05, 4.69) is 0 Å². The van der Waals surface area contributed by atoms with E-state index in [4.69, 9.17) is 22.1 Å². The Morgan fingerprint density at radius 2 is 1.64 bits per heavy atom. The molecule has 0 saturated carbocycles. The Balaban J connectivity index is 1.86. The Morgan fingerprint density at radius 3 is 2.27 bits per heavy atom. The summed E-state index contributed by atoms with van der Waals surface area (Å²) in [7, 11) is 0. The summed E-state index contributed by atoms with van der Waals surface area (Å²) in [6, 6.07) is 15.2. The number of esters is 1. The van der Waals surface area contributed by atoms with Crippen LogP contribution in [-0.2, 0) is 27.4 Å². The first-order chi connectivity index (χ1) is 10.6. The van der Waals surface area contributed by atoms with Gasteiger partial charge in [0.15, 0.2) is 0 Å². The number of carbonyl (C=O) groups excluding carboxylic acids is 2. The molecular formula is C17H16ClNO3. The SMILES string of the molecule is N[C@@H](Cc1ccc(Cl)cc1)C(=O)C(=O)OCc1ccccc1. The van der Waals surface area contributed by atoms with Gasteiger partial charge in [0.2, 0.25) is 0 Å². The second-order valence-electron chi connectivity index (χ2n) is 4.86. The molecular weight excluding hydrogens is 302 g/mol. The van der Waals surface area contributed by atoms with E-state index >= 15 is 0 Å². The molecule has 0 heterocycles. The molecule has 0 unspecified atom stereocenters. The second kappa shape index (κ2) is 7.73. The molecule has 0 aromatic heterocycles. The van der Waals surface area contributed by atoms with E-state index in [1.807, 2.05) is 30.3 Å². The molecule has 5 heteroatoms. The first-order valence-electron chi connectivity index (χ1n) is 6.81. The molecule has 0 fully saturated rings. The van der Waals surface area contributed by atoms with Gasteiger partial charge in [-0.15, -0.1) is 0 Å². The van der Waals surface area contributed by atoms with Crippen LogP contribution in [0.2, 0.25) is 5.02 Å². The minimum absolute atomic E-state index is 0.0546. The molecule has 0 amide bonds. The van der Waals surface area contributed by atoms with Crippen molar-refractivity contribution in [3.63, 3.8) is 0 Å². The van der Waals surface area contributed by atoms with Gasteiger partial charge in [-0.1, -0.05) is 54.1 Å². The predicted molar refractivity (Wildman–Crippen MR) is 84.4 cm³/mol. The van der Waals surface area contributed by atoms with E-state index in [1.165, 1.54) is 0 Å². The molecule has 0 bridgehead atoms. The smallest absolute Gasteiger partial charge is 0.376 e. The number of hydrogen-bond donors (Lipinski definition) is 1. The lowest BCUT2D eigenvalue weighted by atomic mass is 10.0. The number of rotatable bonds is 6.